The standard InChI is InChI=1S/C24H24N4O3/c1-5-31-24-22-21(17-9-8-16(12-26)11-19(17)30-4)20(18(29)7-6-10-25)15(3)28-23(22)14(2)13-27-24/h8-9,11,13,21,28H,5-7H2,1-4H3. The molecule has 2 heterocycles. The van der Waals surface area contributed by atoms with Crippen LogP contribution in [0.3, 0.4) is 0 Å². The quantitative estimate of drug-likeness (QED) is 0.714. The molecule has 2 aromatic rings. The predicted octanol–water partition coefficient (Wildman–Crippen LogP) is 4.37. The molecule has 0 saturated heterocycles. The summed E-state index contributed by atoms with van der Waals surface area (Å²) in [6.45, 7) is 6.09. The van der Waals surface area contributed by atoms with Crippen LogP contribution in [0.4, 0.5) is 5.69 Å². The molecule has 1 atom stereocenters. The average Bonchev–Trinajstić information content (AvgIpc) is 2.78. The molecular formula is C24H24N4O3. The number of nitrogens with one attached hydrogen (secondary N) is 1. The molecule has 1 aromatic carbocycles. The average molecular weight is 416 g/mol. The maximum Gasteiger partial charge on any atom is 0.219 e. The molecule has 0 aliphatic carbocycles. The van der Waals surface area contributed by atoms with Gasteiger partial charge in [-0.15, -0.1) is 0 Å². The number of carbonyl (C=O) groups excluding carboxylic acids is 1. The fourth-order valence-electron chi connectivity index (χ4n) is 3.91. The van der Waals surface area contributed by atoms with Gasteiger partial charge in [0.1, 0.15) is 5.75 Å². The second-order valence-electron chi connectivity index (χ2n) is 7.21. The largest absolute Gasteiger partial charge is 0.496 e. The number of hydrogen-bond donors (Lipinski definition) is 1. The van der Waals surface area contributed by atoms with Crippen molar-refractivity contribution in [3.8, 4) is 23.8 Å². The van der Waals surface area contributed by atoms with Gasteiger partial charge in [-0.25, -0.2) is 4.98 Å². The van der Waals surface area contributed by atoms with Crippen molar-refractivity contribution in [2.45, 2.75) is 39.5 Å². The number of pyridine rings is 1. The number of hydrogen-bond acceptors (Lipinski definition) is 7. The van der Waals surface area contributed by atoms with Crippen LogP contribution in [-0.2, 0) is 4.79 Å². The highest BCUT2D eigenvalue weighted by Crippen LogP contribution is 2.49. The number of fused-ring (bicyclic) bond motifs is 1. The lowest BCUT2D eigenvalue weighted by Crippen LogP contribution is -2.25. The van der Waals surface area contributed by atoms with E-state index in [0.29, 0.717) is 35.1 Å². The van der Waals surface area contributed by atoms with E-state index < -0.39 is 5.92 Å². The lowest BCUT2D eigenvalue weighted by atomic mass is 9.77. The van der Waals surface area contributed by atoms with Gasteiger partial charge >= 0.3 is 0 Å². The zero-order valence-electron chi connectivity index (χ0n) is 18.1. The van der Waals surface area contributed by atoms with E-state index in [-0.39, 0.29) is 18.6 Å². The number of Topliss-reactive ketones (excluding diaryl/α,β-unsaturated/α-hetero) is 1. The third-order valence-corrected chi connectivity index (χ3v) is 5.28. The van der Waals surface area contributed by atoms with Crippen LogP contribution >= 0.6 is 0 Å². The molecule has 7 nitrogen and oxygen atoms in total. The summed E-state index contributed by atoms with van der Waals surface area (Å²) in [5, 5.41) is 21.7. The fourth-order valence-corrected chi connectivity index (χ4v) is 3.91. The van der Waals surface area contributed by atoms with E-state index in [9.17, 15) is 10.1 Å². The van der Waals surface area contributed by atoms with E-state index >= 15 is 0 Å². The summed E-state index contributed by atoms with van der Waals surface area (Å²) < 4.78 is 11.5. The van der Waals surface area contributed by atoms with Crippen LogP contribution in [0.25, 0.3) is 0 Å². The van der Waals surface area contributed by atoms with Gasteiger partial charge in [-0.2, -0.15) is 10.5 Å². The summed E-state index contributed by atoms with van der Waals surface area (Å²) in [6.07, 6.45) is 1.97. The first-order valence-electron chi connectivity index (χ1n) is 10.0. The Morgan fingerprint density at radius 2 is 2.06 bits per heavy atom. The van der Waals surface area contributed by atoms with Crippen LogP contribution in [0, 0.1) is 29.6 Å². The number of carbonyl (C=O) groups is 1. The van der Waals surface area contributed by atoms with Crippen LogP contribution in [0.5, 0.6) is 11.6 Å². The second-order valence-corrected chi connectivity index (χ2v) is 7.21. The van der Waals surface area contributed by atoms with Gasteiger partial charge in [0.2, 0.25) is 5.88 Å². The van der Waals surface area contributed by atoms with E-state index in [1.807, 2.05) is 26.8 Å². The van der Waals surface area contributed by atoms with Crippen molar-refractivity contribution in [3.63, 3.8) is 0 Å². The number of nitriles is 2. The van der Waals surface area contributed by atoms with E-state index in [2.05, 4.69) is 16.4 Å². The summed E-state index contributed by atoms with van der Waals surface area (Å²) in [4.78, 5) is 17.7. The van der Waals surface area contributed by atoms with Crippen LogP contribution in [0.1, 0.15) is 54.9 Å². The smallest absolute Gasteiger partial charge is 0.219 e. The predicted molar refractivity (Wildman–Crippen MR) is 116 cm³/mol. The normalized spacial score (nSPS) is 14.7. The second kappa shape index (κ2) is 9.32. The fraction of sp³-hybridized carbons (Fsp3) is 0.333. The minimum Gasteiger partial charge on any atom is -0.496 e. The maximum atomic E-state index is 13.2. The Kier molecular flexibility index (Phi) is 6.57. The number of ketones is 1. The topological polar surface area (TPSA) is 108 Å². The molecule has 158 valence electrons. The first-order chi connectivity index (χ1) is 15.0. The number of benzene rings is 1. The molecule has 1 aliphatic heterocycles. The number of nitrogens with zero attached hydrogens (tertiary/aromatic N) is 3. The molecule has 0 bridgehead atoms. The van der Waals surface area contributed by atoms with Crippen LogP contribution in [0.2, 0.25) is 0 Å². The summed E-state index contributed by atoms with van der Waals surface area (Å²) in [7, 11) is 1.54. The van der Waals surface area contributed by atoms with E-state index in [4.69, 9.17) is 14.7 Å². The Labute approximate surface area is 181 Å². The molecule has 1 aromatic heterocycles. The first kappa shape index (κ1) is 21.9. The van der Waals surface area contributed by atoms with Crippen LogP contribution in [-0.4, -0.2) is 24.5 Å². The van der Waals surface area contributed by atoms with Crippen molar-refractivity contribution < 1.29 is 14.3 Å². The molecule has 31 heavy (non-hydrogen) atoms. The van der Waals surface area contributed by atoms with Crippen molar-refractivity contribution >= 4 is 11.5 Å². The van der Waals surface area contributed by atoms with E-state index in [0.717, 1.165) is 22.4 Å². The molecule has 1 aliphatic rings. The SMILES string of the molecule is CCOc1ncc(C)c2c1C(c1ccc(C#N)cc1OC)C(C(=O)CCC#N)=C(C)N2. The van der Waals surface area contributed by atoms with Gasteiger partial charge in [0, 0.05) is 35.9 Å². The molecular weight excluding hydrogens is 392 g/mol. The minimum atomic E-state index is -0.515. The molecule has 1 N–H and O–H groups in total. The van der Waals surface area contributed by atoms with Gasteiger partial charge in [-0.3, -0.25) is 4.79 Å². The van der Waals surface area contributed by atoms with Crippen LogP contribution in [0.15, 0.2) is 35.7 Å². The summed E-state index contributed by atoms with van der Waals surface area (Å²) >= 11 is 0. The van der Waals surface area contributed by atoms with Crippen molar-refractivity contribution in [1.29, 1.82) is 10.5 Å². The molecule has 0 fully saturated rings. The van der Waals surface area contributed by atoms with Gasteiger partial charge in [0.25, 0.3) is 0 Å². The van der Waals surface area contributed by atoms with E-state index in [1.54, 1.807) is 24.4 Å². The van der Waals surface area contributed by atoms with Gasteiger partial charge in [-0.05, 0) is 38.5 Å². The molecule has 0 amide bonds. The van der Waals surface area contributed by atoms with Crippen molar-refractivity contribution in [1.82, 2.24) is 4.98 Å². The monoisotopic (exact) mass is 416 g/mol. The number of aromatic nitrogens is 1. The number of allylic oxidation sites excluding steroid dienone is 2. The number of aryl methyl sites for hydroxylation is 1. The Morgan fingerprint density at radius 3 is 2.71 bits per heavy atom. The zero-order chi connectivity index (χ0) is 22.5. The highest BCUT2D eigenvalue weighted by molar-refractivity contribution is 6.00. The lowest BCUT2D eigenvalue weighted by molar-refractivity contribution is -0.115. The highest BCUT2D eigenvalue weighted by atomic mass is 16.5. The van der Waals surface area contributed by atoms with Gasteiger partial charge < -0.3 is 14.8 Å². The number of ether oxygens (including phenoxy) is 2. The third kappa shape index (κ3) is 4.08. The molecule has 0 radical (unpaired) electrons. The Bertz CT molecular complexity index is 1140. The molecule has 0 spiro atoms. The zero-order valence-corrected chi connectivity index (χ0v) is 18.1. The summed E-state index contributed by atoms with van der Waals surface area (Å²) in [5.41, 5.74) is 4.94. The number of rotatable bonds is 7. The number of anilines is 1. The maximum absolute atomic E-state index is 13.2. The number of methoxy groups -OCH3 is 1. The van der Waals surface area contributed by atoms with Crippen molar-refractivity contribution in [3.05, 3.63) is 57.9 Å². The Balaban J connectivity index is 2.33. The highest BCUT2D eigenvalue weighted by Gasteiger charge is 2.37. The van der Waals surface area contributed by atoms with E-state index in [1.165, 1.54) is 7.11 Å². The first-order valence-corrected chi connectivity index (χ1v) is 10.0. The molecule has 3 rings (SSSR count). The van der Waals surface area contributed by atoms with Crippen molar-refractivity contribution in [2.24, 2.45) is 0 Å². The lowest BCUT2D eigenvalue weighted by Gasteiger charge is -2.33. The third-order valence-electron chi connectivity index (χ3n) is 5.28. The Hall–Kier alpha value is -3.84. The van der Waals surface area contributed by atoms with Gasteiger partial charge in [0.15, 0.2) is 5.78 Å². The van der Waals surface area contributed by atoms with Crippen molar-refractivity contribution in [2.75, 3.05) is 19.0 Å². The van der Waals surface area contributed by atoms with Gasteiger partial charge in [0.05, 0.1) is 48.6 Å². The van der Waals surface area contributed by atoms with Crippen LogP contribution < -0.4 is 14.8 Å². The summed E-state index contributed by atoms with van der Waals surface area (Å²) in [5.74, 6) is 0.293. The minimum absolute atomic E-state index is 0.110. The molecule has 0 saturated carbocycles. The molecule has 1 unspecified atom stereocenters. The summed E-state index contributed by atoms with van der Waals surface area (Å²) in [6, 6.07) is 9.33. The Morgan fingerprint density at radius 1 is 1.29 bits per heavy atom. The van der Waals surface area contributed by atoms with Gasteiger partial charge in [-0.1, -0.05) is 6.07 Å². The molecule has 7 heteroatoms.